The molecule has 2 aromatic rings. The first kappa shape index (κ1) is 13.0. The van der Waals surface area contributed by atoms with Gasteiger partial charge in [0.2, 0.25) is 5.82 Å². The van der Waals surface area contributed by atoms with Crippen LogP contribution in [0.3, 0.4) is 0 Å². The van der Waals surface area contributed by atoms with Crippen molar-refractivity contribution in [2.24, 2.45) is 0 Å². The molecule has 0 unspecified atom stereocenters. The van der Waals surface area contributed by atoms with E-state index in [0.29, 0.717) is 0 Å². The molecule has 0 amide bonds. The standard InChI is InChI=1S/C12H7ClN2O4/c13-7-3-1-2-4-9(7)19-12(18)10-14-6-5-8(15-10)11(16)17/h1-6H,(H,16,17). The molecule has 0 saturated carbocycles. The number of carboxylic acids is 1. The first-order chi connectivity index (χ1) is 9.08. The highest BCUT2D eigenvalue weighted by Crippen LogP contribution is 2.23. The van der Waals surface area contributed by atoms with Gasteiger partial charge in [0.1, 0.15) is 5.75 Å². The van der Waals surface area contributed by atoms with Crippen molar-refractivity contribution in [2.45, 2.75) is 0 Å². The van der Waals surface area contributed by atoms with Gasteiger partial charge in [0, 0.05) is 6.20 Å². The first-order valence-corrected chi connectivity index (χ1v) is 5.49. The number of ether oxygens (including phenoxy) is 1. The maximum atomic E-state index is 11.7. The molecule has 1 aromatic carbocycles. The number of carboxylic acid groups (broad SMARTS) is 1. The quantitative estimate of drug-likeness (QED) is 0.683. The average molecular weight is 279 g/mol. The minimum atomic E-state index is -1.26. The van der Waals surface area contributed by atoms with Crippen LogP contribution in [0, 0.1) is 0 Å². The number of hydrogen-bond donors (Lipinski definition) is 1. The van der Waals surface area contributed by atoms with E-state index < -0.39 is 11.9 Å². The number of benzene rings is 1. The zero-order chi connectivity index (χ0) is 13.8. The third kappa shape index (κ3) is 3.05. The SMILES string of the molecule is O=C(O)c1ccnc(C(=O)Oc2ccccc2Cl)n1. The minimum absolute atomic E-state index is 0.151. The molecule has 0 atom stereocenters. The van der Waals surface area contributed by atoms with Crippen LogP contribution in [-0.2, 0) is 0 Å². The normalized spacial score (nSPS) is 9.95. The summed E-state index contributed by atoms with van der Waals surface area (Å²) in [5.74, 6) is -2.33. The number of para-hydroxylation sites is 1. The number of rotatable bonds is 3. The lowest BCUT2D eigenvalue weighted by Gasteiger charge is -2.04. The Morgan fingerprint density at radius 2 is 1.95 bits per heavy atom. The van der Waals surface area contributed by atoms with Crippen LogP contribution in [0.4, 0.5) is 0 Å². The molecule has 1 heterocycles. The van der Waals surface area contributed by atoms with Gasteiger partial charge in [0.05, 0.1) is 5.02 Å². The maximum Gasteiger partial charge on any atom is 0.381 e. The predicted octanol–water partition coefficient (Wildman–Crippen LogP) is 2.05. The Hall–Kier alpha value is -2.47. The van der Waals surface area contributed by atoms with Gasteiger partial charge in [-0.1, -0.05) is 23.7 Å². The second-order valence-corrected chi connectivity index (χ2v) is 3.80. The van der Waals surface area contributed by atoms with Crippen LogP contribution in [0.15, 0.2) is 36.5 Å². The smallest absolute Gasteiger partial charge is 0.381 e. The van der Waals surface area contributed by atoms with E-state index in [0.717, 1.165) is 0 Å². The summed E-state index contributed by atoms with van der Waals surface area (Å²) in [5, 5.41) is 9.02. The fraction of sp³-hybridized carbons (Fsp3) is 0. The number of halogens is 1. The van der Waals surface area contributed by atoms with E-state index in [1.54, 1.807) is 18.2 Å². The van der Waals surface area contributed by atoms with Gasteiger partial charge < -0.3 is 9.84 Å². The lowest BCUT2D eigenvalue weighted by molar-refractivity contribution is 0.0688. The third-order valence-electron chi connectivity index (χ3n) is 2.10. The van der Waals surface area contributed by atoms with Crippen LogP contribution in [0.1, 0.15) is 21.1 Å². The first-order valence-electron chi connectivity index (χ1n) is 5.11. The molecule has 0 spiro atoms. The highest BCUT2D eigenvalue weighted by atomic mass is 35.5. The molecule has 0 bridgehead atoms. The maximum absolute atomic E-state index is 11.7. The molecule has 1 N–H and O–H groups in total. The van der Waals surface area contributed by atoms with Gasteiger partial charge in [-0.3, -0.25) is 0 Å². The lowest BCUT2D eigenvalue weighted by Crippen LogP contribution is -2.15. The van der Waals surface area contributed by atoms with Crippen molar-refractivity contribution in [3.05, 3.63) is 53.1 Å². The summed E-state index contributed by atoms with van der Waals surface area (Å²) in [6.45, 7) is 0. The monoisotopic (exact) mass is 278 g/mol. The van der Waals surface area contributed by atoms with Gasteiger partial charge >= 0.3 is 11.9 Å². The Morgan fingerprint density at radius 3 is 2.63 bits per heavy atom. The third-order valence-corrected chi connectivity index (χ3v) is 2.41. The summed E-state index contributed by atoms with van der Waals surface area (Å²) in [7, 11) is 0. The second kappa shape index (κ2) is 5.45. The van der Waals surface area contributed by atoms with E-state index in [-0.39, 0.29) is 22.3 Å². The van der Waals surface area contributed by atoms with Crippen molar-refractivity contribution in [1.82, 2.24) is 9.97 Å². The molecule has 2 rings (SSSR count). The van der Waals surface area contributed by atoms with Crippen LogP contribution in [0.2, 0.25) is 5.02 Å². The van der Waals surface area contributed by atoms with E-state index >= 15 is 0 Å². The van der Waals surface area contributed by atoms with Gasteiger partial charge in [-0.15, -0.1) is 0 Å². The molecule has 6 nitrogen and oxygen atoms in total. The molecule has 1 aromatic heterocycles. The average Bonchev–Trinajstić information content (AvgIpc) is 2.41. The molecule has 96 valence electrons. The van der Waals surface area contributed by atoms with Gasteiger partial charge in [-0.05, 0) is 18.2 Å². The number of carbonyl (C=O) groups is 2. The zero-order valence-electron chi connectivity index (χ0n) is 9.41. The predicted molar refractivity (Wildman–Crippen MR) is 65.4 cm³/mol. The van der Waals surface area contributed by atoms with Crippen LogP contribution in [0.25, 0.3) is 0 Å². The molecule has 19 heavy (non-hydrogen) atoms. The Morgan fingerprint density at radius 1 is 1.21 bits per heavy atom. The molecule has 0 aliphatic heterocycles. The van der Waals surface area contributed by atoms with E-state index in [1.165, 1.54) is 18.3 Å². The van der Waals surface area contributed by atoms with Crippen LogP contribution in [0.5, 0.6) is 5.75 Å². The zero-order valence-corrected chi connectivity index (χ0v) is 10.2. The van der Waals surface area contributed by atoms with Crippen LogP contribution >= 0.6 is 11.6 Å². The molecular weight excluding hydrogens is 272 g/mol. The van der Waals surface area contributed by atoms with Gasteiger partial charge in [0.15, 0.2) is 5.69 Å². The summed E-state index contributed by atoms with van der Waals surface area (Å²) in [5.41, 5.74) is -0.291. The highest BCUT2D eigenvalue weighted by molar-refractivity contribution is 6.32. The molecular formula is C12H7ClN2O4. The highest BCUT2D eigenvalue weighted by Gasteiger charge is 2.16. The lowest BCUT2D eigenvalue weighted by atomic mass is 10.3. The summed E-state index contributed by atoms with van der Waals surface area (Å²) in [6.07, 6.45) is 1.17. The molecule has 7 heteroatoms. The fourth-order valence-electron chi connectivity index (χ4n) is 1.25. The van der Waals surface area contributed by atoms with Crippen LogP contribution in [-0.4, -0.2) is 27.0 Å². The Kier molecular flexibility index (Phi) is 3.72. The Bertz CT molecular complexity index is 645. The minimum Gasteiger partial charge on any atom is -0.477 e. The summed E-state index contributed by atoms with van der Waals surface area (Å²) < 4.78 is 4.98. The van der Waals surface area contributed by atoms with Crippen molar-refractivity contribution in [2.75, 3.05) is 0 Å². The van der Waals surface area contributed by atoms with Crippen LogP contribution < -0.4 is 4.74 Å². The van der Waals surface area contributed by atoms with E-state index in [4.69, 9.17) is 21.4 Å². The fourth-order valence-corrected chi connectivity index (χ4v) is 1.42. The van der Waals surface area contributed by atoms with Crippen molar-refractivity contribution >= 4 is 23.5 Å². The van der Waals surface area contributed by atoms with E-state index in [1.807, 2.05) is 0 Å². The van der Waals surface area contributed by atoms with E-state index in [2.05, 4.69) is 9.97 Å². The number of carbonyl (C=O) groups excluding carboxylic acids is 1. The molecule has 0 saturated heterocycles. The number of aromatic carboxylic acids is 1. The van der Waals surface area contributed by atoms with Gasteiger partial charge in [-0.2, -0.15) is 0 Å². The molecule has 0 fully saturated rings. The second-order valence-electron chi connectivity index (χ2n) is 3.39. The van der Waals surface area contributed by atoms with Gasteiger partial charge in [-0.25, -0.2) is 19.6 Å². The largest absolute Gasteiger partial charge is 0.477 e. The van der Waals surface area contributed by atoms with Gasteiger partial charge in [0.25, 0.3) is 0 Å². The molecule has 0 aliphatic carbocycles. The number of hydrogen-bond acceptors (Lipinski definition) is 5. The topological polar surface area (TPSA) is 89.4 Å². The summed E-state index contributed by atoms with van der Waals surface area (Å²) in [4.78, 5) is 29.7. The molecule has 0 aliphatic rings. The number of esters is 1. The Balaban J connectivity index is 2.23. The summed E-state index contributed by atoms with van der Waals surface area (Å²) >= 11 is 5.83. The summed E-state index contributed by atoms with van der Waals surface area (Å²) in [6, 6.07) is 7.55. The van der Waals surface area contributed by atoms with Crippen molar-refractivity contribution in [3.8, 4) is 5.75 Å². The number of nitrogens with zero attached hydrogens (tertiary/aromatic N) is 2. The van der Waals surface area contributed by atoms with Crippen molar-refractivity contribution in [3.63, 3.8) is 0 Å². The van der Waals surface area contributed by atoms with Crippen molar-refractivity contribution in [1.29, 1.82) is 0 Å². The van der Waals surface area contributed by atoms with E-state index in [9.17, 15) is 9.59 Å². The van der Waals surface area contributed by atoms with Crippen molar-refractivity contribution < 1.29 is 19.4 Å². The molecule has 0 radical (unpaired) electrons. The number of aromatic nitrogens is 2. The Labute approximate surface area is 112 Å².